The van der Waals surface area contributed by atoms with Gasteiger partial charge in [0, 0.05) is 6.04 Å². The summed E-state index contributed by atoms with van der Waals surface area (Å²) in [5, 5.41) is 7.44. The van der Waals surface area contributed by atoms with Gasteiger partial charge in [-0.25, -0.2) is 4.68 Å². The fourth-order valence-electron chi connectivity index (χ4n) is 1.55. The number of benzene rings is 1. The number of nitrogens with two attached hydrogens (primary N) is 1. The van der Waals surface area contributed by atoms with Gasteiger partial charge in [0.1, 0.15) is 0 Å². The molecule has 0 aliphatic heterocycles. The zero-order chi connectivity index (χ0) is 12.3. The minimum Gasteiger partial charge on any atom is -0.368 e. The number of anilines is 2. The predicted molar refractivity (Wildman–Crippen MR) is 68.7 cm³/mol. The van der Waals surface area contributed by atoms with Crippen molar-refractivity contribution in [1.82, 2.24) is 14.8 Å². The normalized spacial score (nSPS) is 10.8. The molecule has 0 radical (unpaired) electrons. The molecule has 2 rings (SSSR count). The molecule has 0 amide bonds. The van der Waals surface area contributed by atoms with E-state index in [4.69, 9.17) is 5.73 Å². The molecule has 0 atom stereocenters. The molecule has 17 heavy (non-hydrogen) atoms. The van der Waals surface area contributed by atoms with Gasteiger partial charge in [0.05, 0.1) is 6.54 Å². The molecule has 5 heteroatoms. The molecular formula is C12H17N5. The Labute approximate surface area is 101 Å². The standard InChI is InChI=1S/C12H17N5/c1-9(2)14-12-15-11(13)17(16-12)8-10-6-4-3-5-7-10/h3-7,9H,8H2,1-2H3,(H3,13,14,15,16). The first-order valence-corrected chi connectivity index (χ1v) is 5.66. The monoisotopic (exact) mass is 231 g/mol. The van der Waals surface area contributed by atoms with E-state index in [1.54, 1.807) is 4.68 Å². The molecule has 0 saturated heterocycles. The molecule has 0 unspecified atom stereocenters. The first kappa shape index (κ1) is 11.4. The maximum Gasteiger partial charge on any atom is 0.244 e. The van der Waals surface area contributed by atoms with Gasteiger partial charge in [0.15, 0.2) is 0 Å². The van der Waals surface area contributed by atoms with Crippen LogP contribution in [0.5, 0.6) is 0 Å². The summed E-state index contributed by atoms with van der Waals surface area (Å²) in [6, 6.07) is 10.3. The first-order valence-electron chi connectivity index (χ1n) is 5.66. The number of nitrogen functional groups attached to an aromatic ring is 1. The molecule has 1 aromatic heterocycles. The van der Waals surface area contributed by atoms with Gasteiger partial charge in [-0.1, -0.05) is 30.3 Å². The van der Waals surface area contributed by atoms with E-state index in [0.717, 1.165) is 5.56 Å². The number of nitrogens with one attached hydrogen (secondary N) is 1. The van der Waals surface area contributed by atoms with Gasteiger partial charge >= 0.3 is 0 Å². The Morgan fingerprint density at radius 1 is 1.29 bits per heavy atom. The van der Waals surface area contributed by atoms with E-state index in [-0.39, 0.29) is 0 Å². The van der Waals surface area contributed by atoms with E-state index >= 15 is 0 Å². The van der Waals surface area contributed by atoms with Gasteiger partial charge in [-0.05, 0) is 19.4 Å². The Hall–Kier alpha value is -2.04. The highest BCUT2D eigenvalue weighted by Crippen LogP contribution is 2.09. The van der Waals surface area contributed by atoms with Crippen molar-refractivity contribution in [1.29, 1.82) is 0 Å². The summed E-state index contributed by atoms with van der Waals surface area (Å²) in [6.07, 6.45) is 0. The minimum atomic E-state index is 0.293. The lowest BCUT2D eigenvalue weighted by molar-refractivity contribution is 0.695. The molecule has 2 aromatic rings. The van der Waals surface area contributed by atoms with Crippen LogP contribution in [-0.4, -0.2) is 20.8 Å². The Bertz CT molecular complexity index is 475. The van der Waals surface area contributed by atoms with Gasteiger partial charge in [-0.3, -0.25) is 0 Å². The first-order chi connectivity index (χ1) is 8.15. The van der Waals surface area contributed by atoms with Crippen LogP contribution in [0.3, 0.4) is 0 Å². The highest BCUT2D eigenvalue weighted by molar-refractivity contribution is 5.32. The van der Waals surface area contributed by atoms with E-state index in [0.29, 0.717) is 24.5 Å². The molecule has 0 spiro atoms. The van der Waals surface area contributed by atoms with Gasteiger partial charge in [-0.15, -0.1) is 5.10 Å². The summed E-state index contributed by atoms with van der Waals surface area (Å²) in [5.41, 5.74) is 6.97. The SMILES string of the molecule is CC(C)Nc1nc(N)n(Cc2ccccc2)n1. The third-order valence-corrected chi connectivity index (χ3v) is 2.29. The van der Waals surface area contributed by atoms with Gasteiger partial charge in [-0.2, -0.15) is 4.98 Å². The average Bonchev–Trinajstić information content (AvgIpc) is 2.59. The zero-order valence-electron chi connectivity index (χ0n) is 10.1. The fourth-order valence-corrected chi connectivity index (χ4v) is 1.55. The second-order valence-corrected chi connectivity index (χ2v) is 4.24. The minimum absolute atomic E-state index is 0.293. The van der Waals surface area contributed by atoms with Crippen LogP contribution in [0.2, 0.25) is 0 Å². The zero-order valence-corrected chi connectivity index (χ0v) is 10.1. The third kappa shape index (κ3) is 2.96. The number of hydrogen-bond acceptors (Lipinski definition) is 4. The molecule has 1 heterocycles. The maximum absolute atomic E-state index is 5.81. The Morgan fingerprint density at radius 2 is 2.00 bits per heavy atom. The highest BCUT2D eigenvalue weighted by Gasteiger charge is 2.07. The average molecular weight is 231 g/mol. The van der Waals surface area contributed by atoms with Gasteiger partial charge in [0.2, 0.25) is 11.9 Å². The summed E-state index contributed by atoms with van der Waals surface area (Å²) in [4.78, 5) is 4.17. The van der Waals surface area contributed by atoms with Crippen molar-refractivity contribution in [3.8, 4) is 0 Å². The summed E-state index contributed by atoms with van der Waals surface area (Å²) >= 11 is 0. The van der Waals surface area contributed by atoms with Crippen LogP contribution in [-0.2, 0) is 6.54 Å². The van der Waals surface area contributed by atoms with Crippen LogP contribution >= 0.6 is 0 Å². The van der Waals surface area contributed by atoms with E-state index < -0.39 is 0 Å². The predicted octanol–water partition coefficient (Wildman–Crippen LogP) is 1.73. The summed E-state index contributed by atoms with van der Waals surface area (Å²) < 4.78 is 1.69. The molecule has 0 aliphatic rings. The molecule has 0 bridgehead atoms. The van der Waals surface area contributed by atoms with Crippen molar-refractivity contribution in [2.24, 2.45) is 0 Å². The quantitative estimate of drug-likeness (QED) is 0.840. The Balaban J connectivity index is 2.14. The van der Waals surface area contributed by atoms with E-state index in [1.165, 1.54) is 0 Å². The van der Waals surface area contributed by atoms with Crippen LogP contribution in [0, 0.1) is 0 Å². The smallest absolute Gasteiger partial charge is 0.244 e. The maximum atomic E-state index is 5.81. The van der Waals surface area contributed by atoms with Crippen LogP contribution in [0.1, 0.15) is 19.4 Å². The van der Waals surface area contributed by atoms with Gasteiger partial charge in [0.25, 0.3) is 0 Å². The topological polar surface area (TPSA) is 68.8 Å². The number of rotatable bonds is 4. The van der Waals surface area contributed by atoms with Crippen LogP contribution in [0.15, 0.2) is 30.3 Å². The molecule has 0 aliphatic carbocycles. The van der Waals surface area contributed by atoms with Crippen molar-refractivity contribution in [2.75, 3.05) is 11.1 Å². The van der Waals surface area contributed by atoms with E-state index in [1.807, 2.05) is 44.2 Å². The van der Waals surface area contributed by atoms with Crippen LogP contribution in [0.4, 0.5) is 11.9 Å². The lowest BCUT2D eigenvalue weighted by Gasteiger charge is -2.04. The molecule has 1 aromatic carbocycles. The number of nitrogens with zero attached hydrogens (tertiary/aromatic N) is 3. The van der Waals surface area contributed by atoms with E-state index in [9.17, 15) is 0 Å². The molecule has 5 nitrogen and oxygen atoms in total. The molecular weight excluding hydrogens is 214 g/mol. The number of aromatic nitrogens is 3. The van der Waals surface area contributed by atoms with E-state index in [2.05, 4.69) is 15.4 Å². The lowest BCUT2D eigenvalue weighted by atomic mass is 10.2. The van der Waals surface area contributed by atoms with Crippen molar-refractivity contribution >= 4 is 11.9 Å². The second kappa shape index (κ2) is 4.86. The summed E-state index contributed by atoms with van der Waals surface area (Å²) in [5.74, 6) is 1.01. The fraction of sp³-hybridized carbons (Fsp3) is 0.333. The molecule has 90 valence electrons. The van der Waals surface area contributed by atoms with Gasteiger partial charge < -0.3 is 11.1 Å². The lowest BCUT2D eigenvalue weighted by Crippen LogP contribution is -2.11. The molecule has 0 saturated carbocycles. The highest BCUT2D eigenvalue weighted by atomic mass is 15.4. The Kier molecular flexibility index (Phi) is 3.27. The van der Waals surface area contributed by atoms with Crippen molar-refractivity contribution in [2.45, 2.75) is 26.4 Å². The van der Waals surface area contributed by atoms with Crippen molar-refractivity contribution in [3.63, 3.8) is 0 Å². The Morgan fingerprint density at radius 3 is 2.65 bits per heavy atom. The van der Waals surface area contributed by atoms with Crippen LogP contribution < -0.4 is 11.1 Å². The van der Waals surface area contributed by atoms with Crippen LogP contribution in [0.25, 0.3) is 0 Å². The molecule has 3 N–H and O–H groups in total. The summed E-state index contributed by atoms with van der Waals surface area (Å²) in [6.45, 7) is 4.71. The number of hydrogen-bond donors (Lipinski definition) is 2. The third-order valence-electron chi connectivity index (χ3n) is 2.29. The summed E-state index contributed by atoms with van der Waals surface area (Å²) in [7, 11) is 0. The largest absolute Gasteiger partial charge is 0.368 e. The van der Waals surface area contributed by atoms with Crippen molar-refractivity contribution in [3.05, 3.63) is 35.9 Å². The second-order valence-electron chi connectivity index (χ2n) is 4.24. The van der Waals surface area contributed by atoms with Crippen molar-refractivity contribution < 1.29 is 0 Å². The molecule has 0 fully saturated rings.